The van der Waals surface area contributed by atoms with E-state index >= 15 is 0 Å². The lowest BCUT2D eigenvalue weighted by molar-refractivity contribution is -0.118. The molecule has 0 spiro atoms. The summed E-state index contributed by atoms with van der Waals surface area (Å²) in [5, 5.41) is 3.67. The van der Waals surface area contributed by atoms with Gasteiger partial charge < -0.3 is 15.1 Å². The van der Waals surface area contributed by atoms with E-state index in [1.807, 2.05) is 79.7 Å². The third kappa shape index (κ3) is 4.00. The fourth-order valence-corrected chi connectivity index (χ4v) is 4.37. The van der Waals surface area contributed by atoms with Gasteiger partial charge in [0.05, 0.1) is 22.8 Å². The lowest BCUT2D eigenvalue weighted by Crippen LogP contribution is -2.44. The number of rotatable bonds is 4. The minimum atomic E-state index is -0.226. The third-order valence-electron chi connectivity index (χ3n) is 4.88. The van der Waals surface area contributed by atoms with Crippen LogP contribution < -0.4 is 15.1 Å². The predicted molar refractivity (Wildman–Crippen MR) is 117 cm³/mol. The second-order valence-corrected chi connectivity index (χ2v) is 8.12. The van der Waals surface area contributed by atoms with Crippen molar-refractivity contribution in [3.05, 3.63) is 60.8 Å². The van der Waals surface area contributed by atoms with E-state index in [2.05, 4.69) is 10.3 Å². The largest absolute Gasteiger partial charge is 0.342 e. The molecule has 6 nitrogen and oxygen atoms in total. The van der Waals surface area contributed by atoms with Crippen molar-refractivity contribution < 1.29 is 9.59 Å². The number of amides is 2. The summed E-state index contributed by atoms with van der Waals surface area (Å²) in [5.41, 5.74) is 2.50. The second kappa shape index (κ2) is 8.05. The van der Waals surface area contributed by atoms with Gasteiger partial charge in [-0.3, -0.25) is 9.59 Å². The van der Waals surface area contributed by atoms with Crippen molar-refractivity contribution in [3.63, 3.8) is 0 Å². The van der Waals surface area contributed by atoms with Crippen LogP contribution in [0.2, 0.25) is 0 Å². The summed E-state index contributed by atoms with van der Waals surface area (Å²) in [6, 6.07) is 17.3. The van der Waals surface area contributed by atoms with Gasteiger partial charge in [0.2, 0.25) is 11.8 Å². The first-order valence-corrected chi connectivity index (χ1v) is 10.3. The van der Waals surface area contributed by atoms with Crippen LogP contribution in [0, 0.1) is 0 Å². The predicted octanol–water partition coefficient (Wildman–Crippen LogP) is 4.01. The number of thiazole rings is 1. The van der Waals surface area contributed by atoms with Crippen LogP contribution in [0.15, 0.2) is 60.8 Å². The Labute approximate surface area is 173 Å². The molecule has 4 rings (SSSR count). The van der Waals surface area contributed by atoms with E-state index in [0.29, 0.717) is 5.69 Å². The highest BCUT2D eigenvalue weighted by atomic mass is 32.1. The van der Waals surface area contributed by atoms with Gasteiger partial charge in [-0.25, -0.2) is 4.98 Å². The standard InChI is InChI=1S/C22H22N4O2S/c1-15-12-20(27)24-17-10-6-7-11-18(17)26(15)21(28)14-25(2)22-23-13-19(29-22)16-8-4-3-5-9-16/h3-11,13,15H,12,14H2,1-2H3,(H,24,27). The van der Waals surface area contributed by atoms with Crippen LogP contribution >= 0.6 is 11.3 Å². The molecule has 0 fully saturated rings. The highest BCUT2D eigenvalue weighted by Crippen LogP contribution is 2.33. The molecule has 1 unspecified atom stereocenters. The number of nitrogens with one attached hydrogen (secondary N) is 1. The Morgan fingerprint density at radius 1 is 1.21 bits per heavy atom. The minimum Gasteiger partial charge on any atom is -0.342 e. The maximum absolute atomic E-state index is 13.2. The molecule has 1 atom stereocenters. The summed E-state index contributed by atoms with van der Waals surface area (Å²) in [6.07, 6.45) is 2.10. The van der Waals surface area contributed by atoms with Crippen molar-refractivity contribution >= 4 is 39.7 Å². The molecule has 0 saturated heterocycles. The number of para-hydroxylation sites is 2. The first kappa shape index (κ1) is 19.1. The Hall–Kier alpha value is -3.19. The van der Waals surface area contributed by atoms with Crippen LogP contribution in [0.3, 0.4) is 0 Å². The Morgan fingerprint density at radius 2 is 1.93 bits per heavy atom. The fraction of sp³-hybridized carbons (Fsp3) is 0.227. The summed E-state index contributed by atoms with van der Waals surface area (Å²) < 4.78 is 0. The smallest absolute Gasteiger partial charge is 0.246 e. The van der Waals surface area contributed by atoms with E-state index in [4.69, 9.17) is 0 Å². The number of likely N-dealkylation sites (N-methyl/N-ethyl adjacent to an activating group) is 1. The highest BCUT2D eigenvalue weighted by Gasteiger charge is 2.30. The van der Waals surface area contributed by atoms with Crippen LogP contribution in [0.25, 0.3) is 10.4 Å². The number of nitrogens with zero attached hydrogens (tertiary/aromatic N) is 3. The molecule has 7 heteroatoms. The molecule has 1 aliphatic rings. The highest BCUT2D eigenvalue weighted by molar-refractivity contribution is 7.18. The molecule has 3 aromatic rings. The van der Waals surface area contributed by atoms with E-state index in [1.165, 1.54) is 0 Å². The summed E-state index contributed by atoms with van der Waals surface area (Å²) >= 11 is 1.55. The van der Waals surface area contributed by atoms with Crippen LogP contribution in [-0.4, -0.2) is 36.4 Å². The Kier molecular flexibility index (Phi) is 5.31. The van der Waals surface area contributed by atoms with Crippen molar-refractivity contribution in [2.75, 3.05) is 28.7 Å². The van der Waals surface area contributed by atoms with Gasteiger partial charge in [0.25, 0.3) is 0 Å². The molecule has 0 bridgehead atoms. The minimum absolute atomic E-state index is 0.0691. The molecular formula is C22H22N4O2S. The van der Waals surface area contributed by atoms with Crippen molar-refractivity contribution in [1.29, 1.82) is 0 Å². The first-order chi connectivity index (χ1) is 14.0. The first-order valence-electron chi connectivity index (χ1n) is 9.46. The number of anilines is 3. The van der Waals surface area contributed by atoms with E-state index in [-0.39, 0.29) is 30.8 Å². The summed E-state index contributed by atoms with van der Waals surface area (Å²) in [6.45, 7) is 2.07. The number of hydrogen-bond donors (Lipinski definition) is 1. The monoisotopic (exact) mass is 406 g/mol. The van der Waals surface area contributed by atoms with Gasteiger partial charge in [0, 0.05) is 25.7 Å². The van der Waals surface area contributed by atoms with Gasteiger partial charge in [0.1, 0.15) is 0 Å². The van der Waals surface area contributed by atoms with E-state index in [9.17, 15) is 9.59 Å². The number of benzene rings is 2. The van der Waals surface area contributed by atoms with Gasteiger partial charge in [-0.15, -0.1) is 0 Å². The van der Waals surface area contributed by atoms with Crippen LogP contribution in [0.1, 0.15) is 13.3 Å². The van der Waals surface area contributed by atoms with Crippen molar-refractivity contribution in [1.82, 2.24) is 4.98 Å². The number of carbonyl (C=O) groups excluding carboxylic acids is 2. The van der Waals surface area contributed by atoms with Gasteiger partial charge in [0.15, 0.2) is 5.13 Å². The van der Waals surface area contributed by atoms with Gasteiger partial charge >= 0.3 is 0 Å². The molecule has 148 valence electrons. The fourth-order valence-electron chi connectivity index (χ4n) is 3.49. The Balaban J connectivity index is 1.54. The van der Waals surface area contributed by atoms with Crippen LogP contribution in [-0.2, 0) is 9.59 Å². The SMILES string of the molecule is CC1CC(=O)Nc2ccccc2N1C(=O)CN(C)c1ncc(-c2ccccc2)s1. The second-order valence-electron chi connectivity index (χ2n) is 7.11. The van der Waals surface area contributed by atoms with Gasteiger partial charge in [-0.1, -0.05) is 53.8 Å². The average molecular weight is 407 g/mol. The number of hydrogen-bond acceptors (Lipinski definition) is 5. The summed E-state index contributed by atoms with van der Waals surface area (Å²) in [5.74, 6) is -0.151. The molecule has 2 heterocycles. The lowest BCUT2D eigenvalue weighted by atomic mass is 10.1. The van der Waals surface area contributed by atoms with Crippen molar-refractivity contribution in [3.8, 4) is 10.4 Å². The molecule has 0 aliphatic carbocycles. The lowest BCUT2D eigenvalue weighted by Gasteiger charge is -2.29. The zero-order chi connectivity index (χ0) is 20.4. The number of aromatic nitrogens is 1. The quantitative estimate of drug-likeness (QED) is 0.711. The molecule has 0 radical (unpaired) electrons. The molecule has 0 saturated carbocycles. The molecule has 2 aromatic carbocycles. The average Bonchev–Trinajstić information content (AvgIpc) is 3.16. The number of carbonyl (C=O) groups is 2. The summed E-state index contributed by atoms with van der Waals surface area (Å²) in [4.78, 5) is 34.5. The van der Waals surface area contributed by atoms with Crippen LogP contribution in [0.5, 0.6) is 0 Å². The summed E-state index contributed by atoms with van der Waals surface area (Å²) in [7, 11) is 1.86. The number of fused-ring (bicyclic) bond motifs is 1. The maximum Gasteiger partial charge on any atom is 0.246 e. The molecular weight excluding hydrogens is 384 g/mol. The van der Waals surface area contributed by atoms with Crippen molar-refractivity contribution in [2.24, 2.45) is 0 Å². The third-order valence-corrected chi connectivity index (χ3v) is 6.04. The zero-order valence-corrected chi connectivity index (χ0v) is 17.1. The maximum atomic E-state index is 13.2. The normalized spacial score (nSPS) is 16.0. The zero-order valence-electron chi connectivity index (χ0n) is 16.3. The Morgan fingerprint density at radius 3 is 2.72 bits per heavy atom. The van der Waals surface area contributed by atoms with E-state index in [1.54, 1.807) is 16.2 Å². The molecule has 29 heavy (non-hydrogen) atoms. The van der Waals surface area contributed by atoms with E-state index in [0.717, 1.165) is 21.3 Å². The molecule has 1 aromatic heterocycles. The molecule has 2 amide bonds. The van der Waals surface area contributed by atoms with Crippen molar-refractivity contribution in [2.45, 2.75) is 19.4 Å². The van der Waals surface area contributed by atoms with Gasteiger partial charge in [-0.2, -0.15) is 0 Å². The van der Waals surface area contributed by atoms with Gasteiger partial charge in [-0.05, 0) is 24.6 Å². The van der Waals surface area contributed by atoms with E-state index < -0.39 is 0 Å². The molecule has 1 N–H and O–H groups in total. The topological polar surface area (TPSA) is 65.5 Å². The van der Waals surface area contributed by atoms with Crippen LogP contribution in [0.4, 0.5) is 16.5 Å². The Bertz CT molecular complexity index is 1030. The molecule has 1 aliphatic heterocycles.